The van der Waals surface area contributed by atoms with Crippen molar-refractivity contribution >= 4 is 23.3 Å². The first-order valence-electron chi connectivity index (χ1n) is 10.4. The Hall–Kier alpha value is -3.12. The molecule has 1 amide bonds. The van der Waals surface area contributed by atoms with Gasteiger partial charge in [-0.15, -0.1) is 0 Å². The molecule has 4 rings (SSSR count). The van der Waals surface area contributed by atoms with E-state index in [1.807, 2.05) is 43.9 Å². The van der Waals surface area contributed by atoms with Gasteiger partial charge in [-0.3, -0.25) is 4.79 Å². The number of benzene rings is 2. The largest absolute Gasteiger partial charge is 0.423 e. The van der Waals surface area contributed by atoms with Gasteiger partial charge in [-0.2, -0.15) is 0 Å². The predicted molar refractivity (Wildman–Crippen MR) is 118 cm³/mol. The van der Waals surface area contributed by atoms with Gasteiger partial charge in [0, 0.05) is 36.5 Å². The van der Waals surface area contributed by atoms with Gasteiger partial charge in [-0.25, -0.2) is 4.98 Å². The molecular formula is C24H27N3O3. The quantitative estimate of drug-likeness (QED) is 0.573. The Morgan fingerprint density at radius 3 is 2.83 bits per heavy atom. The highest BCUT2D eigenvalue weighted by atomic mass is 16.5. The van der Waals surface area contributed by atoms with Crippen molar-refractivity contribution in [2.75, 3.05) is 23.4 Å². The van der Waals surface area contributed by atoms with E-state index in [4.69, 9.17) is 9.15 Å². The predicted octanol–water partition coefficient (Wildman–Crippen LogP) is 5.37. The van der Waals surface area contributed by atoms with Crippen molar-refractivity contribution in [3.05, 3.63) is 59.3 Å². The fraction of sp³-hybridized carbons (Fsp3) is 0.333. The summed E-state index contributed by atoms with van der Waals surface area (Å²) in [4.78, 5) is 18.4. The molecule has 1 N–H and O–H groups in total. The summed E-state index contributed by atoms with van der Waals surface area (Å²) in [5.41, 5.74) is 6.03. The molecule has 0 bridgehead atoms. The fourth-order valence-electron chi connectivity index (χ4n) is 3.68. The number of hydrogen-bond acceptors (Lipinski definition) is 5. The van der Waals surface area contributed by atoms with Crippen molar-refractivity contribution in [2.45, 2.75) is 40.2 Å². The number of aryl methyl sites for hydroxylation is 2. The smallest absolute Gasteiger partial charge is 0.299 e. The highest BCUT2D eigenvalue weighted by Crippen LogP contribution is 2.31. The van der Waals surface area contributed by atoms with Crippen molar-refractivity contribution < 1.29 is 13.9 Å². The monoisotopic (exact) mass is 405 g/mol. The maximum Gasteiger partial charge on any atom is 0.299 e. The molecule has 1 aliphatic heterocycles. The zero-order valence-electron chi connectivity index (χ0n) is 17.7. The minimum absolute atomic E-state index is 0.175. The summed E-state index contributed by atoms with van der Waals surface area (Å²) in [5.74, 6) is 0.839. The first-order chi connectivity index (χ1) is 14.5. The van der Waals surface area contributed by atoms with E-state index in [1.54, 1.807) is 6.20 Å². The van der Waals surface area contributed by atoms with E-state index in [-0.39, 0.29) is 5.91 Å². The minimum Gasteiger partial charge on any atom is -0.423 e. The summed E-state index contributed by atoms with van der Waals surface area (Å²) in [7, 11) is 0. The Kier molecular flexibility index (Phi) is 5.86. The number of anilines is 3. The van der Waals surface area contributed by atoms with Gasteiger partial charge in [0.2, 0.25) is 5.91 Å². The van der Waals surface area contributed by atoms with Crippen LogP contribution in [-0.4, -0.2) is 24.0 Å². The summed E-state index contributed by atoms with van der Waals surface area (Å²) >= 11 is 0. The molecule has 0 radical (unpaired) electrons. The molecule has 6 heteroatoms. The standard InChI is InChI=1S/C24H27N3O3/c1-4-29-15-18-8-7-17(3)21(12-18)26-24-25-14-22(30-24)19-10-16(2)11-20(13-19)27-9-5-6-23(27)28/h7-8,10-14H,4-6,9,15H2,1-3H3,(H,25,26). The van der Waals surface area contributed by atoms with Crippen molar-refractivity contribution in [2.24, 2.45) is 0 Å². The minimum atomic E-state index is 0.175. The lowest BCUT2D eigenvalue weighted by molar-refractivity contribution is -0.117. The Morgan fingerprint density at radius 1 is 1.20 bits per heavy atom. The molecule has 30 heavy (non-hydrogen) atoms. The number of nitrogens with zero attached hydrogens (tertiary/aromatic N) is 2. The van der Waals surface area contributed by atoms with Gasteiger partial charge in [0.15, 0.2) is 5.76 Å². The number of oxazole rings is 1. The van der Waals surface area contributed by atoms with Crippen LogP contribution in [0.4, 0.5) is 17.4 Å². The van der Waals surface area contributed by atoms with Crippen LogP contribution in [0.15, 0.2) is 47.0 Å². The first-order valence-corrected chi connectivity index (χ1v) is 10.4. The van der Waals surface area contributed by atoms with E-state index >= 15 is 0 Å². The van der Waals surface area contributed by atoms with E-state index in [9.17, 15) is 4.79 Å². The molecule has 0 atom stereocenters. The van der Waals surface area contributed by atoms with Crippen molar-refractivity contribution in [3.63, 3.8) is 0 Å². The average molecular weight is 405 g/mol. The highest BCUT2D eigenvalue weighted by Gasteiger charge is 2.22. The summed E-state index contributed by atoms with van der Waals surface area (Å²) in [5, 5.41) is 3.27. The first kappa shape index (κ1) is 20.2. The van der Waals surface area contributed by atoms with Gasteiger partial charge >= 0.3 is 0 Å². The van der Waals surface area contributed by atoms with Crippen LogP contribution in [0.2, 0.25) is 0 Å². The maximum absolute atomic E-state index is 12.1. The molecule has 1 aliphatic rings. The van der Waals surface area contributed by atoms with E-state index in [0.717, 1.165) is 46.6 Å². The fourth-order valence-corrected chi connectivity index (χ4v) is 3.68. The molecule has 1 aromatic heterocycles. The normalized spacial score (nSPS) is 13.8. The Balaban J connectivity index is 1.56. The summed E-state index contributed by atoms with van der Waals surface area (Å²) in [6, 6.07) is 12.7. The number of amides is 1. The third kappa shape index (κ3) is 4.39. The second kappa shape index (κ2) is 8.71. The van der Waals surface area contributed by atoms with Crippen molar-refractivity contribution in [1.29, 1.82) is 0 Å². The zero-order valence-corrected chi connectivity index (χ0v) is 17.7. The lowest BCUT2D eigenvalue weighted by atomic mass is 10.1. The number of carbonyl (C=O) groups is 1. The molecule has 3 aromatic rings. The third-order valence-corrected chi connectivity index (χ3v) is 5.25. The zero-order chi connectivity index (χ0) is 21.1. The van der Waals surface area contributed by atoms with Gasteiger partial charge in [0.1, 0.15) is 0 Å². The van der Waals surface area contributed by atoms with Gasteiger partial charge in [-0.05, 0) is 68.1 Å². The van der Waals surface area contributed by atoms with Crippen LogP contribution in [0, 0.1) is 13.8 Å². The number of aromatic nitrogens is 1. The van der Waals surface area contributed by atoms with E-state index in [0.29, 0.717) is 31.4 Å². The van der Waals surface area contributed by atoms with Crippen LogP contribution in [0.25, 0.3) is 11.3 Å². The maximum atomic E-state index is 12.1. The summed E-state index contributed by atoms with van der Waals surface area (Å²) in [6.07, 6.45) is 3.23. The molecule has 0 aliphatic carbocycles. The number of hydrogen-bond donors (Lipinski definition) is 1. The second-order valence-corrected chi connectivity index (χ2v) is 7.65. The lowest BCUT2D eigenvalue weighted by Gasteiger charge is -2.17. The van der Waals surface area contributed by atoms with Gasteiger partial charge in [-0.1, -0.05) is 12.1 Å². The lowest BCUT2D eigenvalue weighted by Crippen LogP contribution is -2.23. The molecule has 0 unspecified atom stereocenters. The van der Waals surface area contributed by atoms with Crippen LogP contribution in [0.5, 0.6) is 0 Å². The van der Waals surface area contributed by atoms with E-state index < -0.39 is 0 Å². The number of rotatable bonds is 7. The van der Waals surface area contributed by atoms with Crippen LogP contribution >= 0.6 is 0 Å². The van der Waals surface area contributed by atoms with Crippen LogP contribution in [-0.2, 0) is 16.1 Å². The van der Waals surface area contributed by atoms with Gasteiger partial charge < -0.3 is 19.4 Å². The van der Waals surface area contributed by atoms with Crippen molar-refractivity contribution in [3.8, 4) is 11.3 Å². The topological polar surface area (TPSA) is 67.6 Å². The average Bonchev–Trinajstić information content (AvgIpc) is 3.37. The summed E-state index contributed by atoms with van der Waals surface area (Å²) < 4.78 is 11.5. The van der Waals surface area contributed by atoms with Gasteiger partial charge in [0.25, 0.3) is 6.01 Å². The van der Waals surface area contributed by atoms with Crippen LogP contribution in [0.1, 0.15) is 36.5 Å². The third-order valence-electron chi connectivity index (χ3n) is 5.25. The molecule has 0 saturated carbocycles. The second-order valence-electron chi connectivity index (χ2n) is 7.65. The number of nitrogens with one attached hydrogen (secondary N) is 1. The summed E-state index contributed by atoms with van der Waals surface area (Å²) in [6.45, 7) is 8.07. The highest BCUT2D eigenvalue weighted by molar-refractivity contribution is 5.96. The molecule has 156 valence electrons. The molecule has 0 spiro atoms. The Morgan fingerprint density at radius 2 is 2.07 bits per heavy atom. The van der Waals surface area contributed by atoms with Crippen LogP contribution in [0.3, 0.4) is 0 Å². The molecule has 1 saturated heterocycles. The van der Waals surface area contributed by atoms with E-state index in [2.05, 4.69) is 28.5 Å². The van der Waals surface area contributed by atoms with Crippen LogP contribution < -0.4 is 10.2 Å². The molecule has 6 nitrogen and oxygen atoms in total. The van der Waals surface area contributed by atoms with Gasteiger partial charge in [0.05, 0.1) is 12.8 Å². The molecule has 2 heterocycles. The van der Waals surface area contributed by atoms with E-state index in [1.165, 1.54) is 0 Å². The molecule has 2 aromatic carbocycles. The molecule has 1 fully saturated rings. The Labute approximate surface area is 176 Å². The van der Waals surface area contributed by atoms with Crippen molar-refractivity contribution in [1.82, 2.24) is 4.98 Å². The molecular weight excluding hydrogens is 378 g/mol. The number of carbonyl (C=O) groups excluding carboxylic acids is 1. The Bertz CT molecular complexity index is 1060. The number of ether oxygens (including phenoxy) is 1. The SMILES string of the molecule is CCOCc1ccc(C)c(Nc2ncc(-c3cc(C)cc(N4CCCC4=O)c3)o2)c1.